The maximum absolute atomic E-state index is 10.8. The van der Waals surface area contributed by atoms with E-state index in [9.17, 15) is 4.79 Å². The van der Waals surface area contributed by atoms with E-state index < -0.39 is 5.97 Å². The van der Waals surface area contributed by atoms with Gasteiger partial charge in [-0.25, -0.2) is 4.79 Å². The number of benzene rings is 1. The Balaban J connectivity index is 2.94. The van der Waals surface area contributed by atoms with Gasteiger partial charge in [0.05, 0.1) is 17.7 Å². The molecule has 0 radical (unpaired) electrons. The second-order valence-electron chi connectivity index (χ2n) is 3.02. The van der Waals surface area contributed by atoms with E-state index in [1.165, 1.54) is 30.8 Å². The first-order chi connectivity index (χ1) is 8.08. The van der Waals surface area contributed by atoms with Crippen molar-refractivity contribution in [3.63, 3.8) is 0 Å². The highest BCUT2D eigenvalue weighted by Gasteiger charge is 2.10. The van der Waals surface area contributed by atoms with Crippen LogP contribution < -0.4 is 9.47 Å². The standard InChI is InChI=1S/C11H10Cl2O4/c1-16-9-3-2-7(11(14)15)4-10(9)17-6-8(13)5-12/h2-5H,6H2,1H3,(H,14,15). The molecule has 0 heterocycles. The maximum atomic E-state index is 10.8. The molecule has 0 bridgehead atoms. The fourth-order valence-corrected chi connectivity index (χ4v) is 1.22. The number of rotatable bonds is 5. The van der Waals surface area contributed by atoms with Gasteiger partial charge in [-0.15, -0.1) is 0 Å². The lowest BCUT2D eigenvalue weighted by Crippen LogP contribution is -2.02. The summed E-state index contributed by atoms with van der Waals surface area (Å²) in [5, 5.41) is 9.14. The van der Waals surface area contributed by atoms with Crippen molar-refractivity contribution in [2.45, 2.75) is 0 Å². The van der Waals surface area contributed by atoms with Crippen molar-refractivity contribution in [1.82, 2.24) is 0 Å². The molecule has 0 spiro atoms. The molecule has 0 fully saturated rings. The van der Waals surface area contributed by atoms with E-state index >= 15 is 0 Å². The zero-order chi connectivity index (χ0) is 12.8. The molecule has 0 amide bonds. The zero-order valence-corrected chi connectivity index (χ0v) is 10.5. The van der Waals surface area contributed by atoms with Crippen molar-refractivity contribution in [1.29, 1.82) is 0 Å². The summed E-state index contributed by atoms with van der Waals surface area (Å²) >= 11 is 11.0. The van der Waals surface area contributed by atoms with Crippen LogP contribution in [0.3, 0.4) is 0 Å². The molecule has 0 unspecified atom stereocenters. The average molecular weight is 277 g/mol. The van der Waals surface area contributed by atoms with Crippen molar-refractivity contribution < 1.29 is 19.4 Å². The van der Waals surface area contributed by atoms with Gasteiger partial charge in [-0.2, -0.15) is 0 Å². The molecular weight excluding hydrogens is 267 g/mol. The molecule has 0 saturated heterocycles. The Kier molecular flexibility index (Phi) is 5.12. The first-order valence-corrected chi connectivity index (χ1v) is 5.38. The summed E-state index contributed by atoms with van der Waals surface area (Å²) in [6.45, 7) is 0.0461. The normalized spacial score (nSPS) is 11.1. The van der Waals surface area contributed by atoms with Crippen molar-refractivity contribution in [2.24, 2.45) is 0 Å². The van der Waals surface area contributed by atoms with E-state index in [4.69, 9.17) is 37.8 Å². The smallest absolute Gasteiger partial charge is 0.335 e. The number of hydrogen-bond acceptors (Lipinski definition) is 3. The molecule has 1 aromatic carbocycles. The molecule has 0 aliphatic carbocycles. The van der Waals surface area contributed by atoms with Crippen LogP contribution in [0.15, 0.2) is 28.8 Å². The third-order valence-corrected chi connectivity index (χ3v) is 2.49. The van der Waals surface area contributed by atoms with Crippen LogP contribution in [0, 0.1) is 0 Å². The van der Waals surface area contributed by atoms with Crippen LogP contribution >= 0.6 is 23.2 Å². The number of carbonyl (C=O) groups is 1. The van der Waals surface area contributed by atoms with E-state index in [0.29, 0.717) is 16.5 Å². The Morgan fingerprint density at radius 1 is 1.47 bits per heavy atom. The molecule has 17 heavy (non-hydrogen) atoms. The summed E-state index contributed by atoms with van der Waals surface area (Å²) in [6.07, 6.45) is 0. The number of carboxylic acid groups (broad SMARTS) is 1. The zero-order valence-electron chi connectivity index (χ0n) is 8.94. The SMILES string of the molecule is COc1ccc(C(=O)O)cc1OCC(Cl)=CCl. The van der Waals surface area contributed by atoms with Gasteiger partial charge in [0.25, 0.3) is 0 Å². The van der Waals surface area contributed by atoms with Gasteiger partial charge < -0.3 is 14.6 Å². The second-order valence-corrected chi connectivity index (χ2v) is 3.72. The molecule has 92 valence electrons. The fourth-order valence-electron chi connectivity index (χ4n) is 1.10. The predicted molar refractivity (Wildman–Crippen MR) is 65.2 cm³/mol. The van der Waals surface area contributed by atoms with Gasteiger partial charge in [0.1, 0.15) is 6.61 Å². The molecule has 1 rings (SSSR count). The van der Waals surface area contributed by atoms with Crippen LogP contribution in [0.2, 0.25) is 0 Å². The number of hydrogen-bond donors (Lipinski definition) is 1. The topological polar surface area (TPSA) is 55.8 Å². The van der Waals surface area contributed by atoms with Gasteiger partial charge in [0.2, 0.25) is 0 Å². The highest BCUT2D eigenvalue weighted by atomic mass is 35.5. The Labute approximate surface area is 108 Å². The highest BCUT2D eigenvalue weighted by molar-refractivity contribution is 6.36. The lowest BCUT2D eigenvalue weighted by atomic mass is 10.2. The van der Waals surface area contributed by atoms with Crippen molar-refractivity contribution in [3.05, 3.63) is 34.3 Å². The van der Waals surface area contributed by atoms with Gasteiger partial charge in [-0.3, -0.25) is 0 Å². The molecule has 0 atom stereocenters. The van der Waals surface area contributed by atoms with Crippen LogP contribution in [-0.2, 0) is 0 Å². The summed E-state index contributed by atoms with van der Waals surface area (Å²) in [4.78, 5) is 10.8. The maximum Gasteiger partial charge on any atom is 0.335 e. The van der Waals surface area contributed by atoms with Gasteiger partial charge in [-0.1, -0.05) is 23.2 Å². The van der Waals surface area contributed by atoms with Crippen molar-refractivity contribution >= 4 is 29.2 Å². The minimum atomic E-state index is -1.04. The molecule has 0 aromatic heterocycles. The third-order valence-electron chi connectivity index (χ3n) is 1.89. The molecular formula is C11H10Cl2O4. The molecule has 4 nitrogen and oxygen atoms in total. The lowest BCUT2D eigenvalue weighted by molar-refractivity contribution is 0.0696. The summed E-state index contributed by atoms with van der Waals surface area (Å²) < 4.78 is 10.3. The molecule has 0 aliphatic rings. The number of aromatic carboxylic acids is 1. The molecule has 6 heteroatoms. The van der Waals surface area contributed by atoms with E-state index in [-0.39, 0.29) is 12.2 Å². The molecule has 1 N–H and O–H groups in total. The summed E-state index contributed by atoms with van der Waals surface area (Å²) in [5.74, 6) is -0.324. The van der Waals surface area contributed by atoms with Crippen LogP contribution in [0.25, 0.3) is 0 Å². The average Bonchev–Trinajstić information content (AvgIpc) is 2.35. The third kappa shape index (κ3) is 3.84. The first kappa shape index (κ1) is 13.7. The summed E-state index contributed by atoms with van der Waals surface area (Å²) in [5.41, 5.74) is 1.28. The molecule has 0 saturated carbocycles. The summed E-state index contributed by atoms with van der Waals surface area (Å²) in [7, 11) is 1.46. The Morgan fingerprint density at radius 3 is 2.71 bits per heavy atom. The van der Waals surface area contributed by atoms with E-state index in [1.54, 1.807) is 0 Å². The predicted octanol–water partition coefficient (Wildman–Crippen LogP) is 3.09. The second kappa shape index (κ2) is 6.37. The highest BCUT2D eigenvalue weighted by Crippen LogP contribution is 2.28. The Bertz CT molecular complexity index is 443. The van der Waals surface area contributed by atoms with Gasteiger partial charge >= 0.3 is 5.97 Å². The van der Waals surface area contributed by atoms with Crippen molar-refractivity contribution in [3.8, 4) is 11.5 Å². The van der Waals surface area contributed by atoms with E-state index in [0.717, 1.165) is 0 Å². The van der Waals surface area contributed by atoms with Crippen LogP contribution in [0.1, 0.15) is 10.4 Å². The van der Waals surface area contributed by atoms with Crippen molar-refractivity contribution in [2.75, 3.05) is 13.7 Å². The number of ether oxygens (including phenoxy) is 2. The largest absolute Gasteiger partial charge is 0.493 e. The van der Waals surface area contributed by atoms with Crippen LogP contribution in [0.4, 0.5) is 0 Å². The number of carboxylic acids is 1. The van der Waals surface area contributed by atoms with Gasteiger partial charge in [0.15, 0.2) is 11.5 Å². The van der Waals surface area contributed by atoms with Crippen LogP contribution in [-0.4, -0.2) is 24.8 Å². The minimum absolute atomic E-state index is 0.0461. The minimum Gasteiger partial charge on any atom is -0.493 e. The quantitative estimate of drug-likeness (QED) is 0.898. The number of methoxy groups -OCH3 is 1. The van der Waals surface area contributed by atoms with E-state index in [2.05, 4.69) is 0 Å². The Morgan fingerprint density at radius 2 is 2.18 bits per heavy atom. The van der Waals surface area contributed by atoms with Gasteiger partial charge in [0, 0.05) is 5.54 Å². The fraction of sp³-hybridized carbons (Fsp3) is 0.182. The molecule has 1 aromatic rings. The number of halogens is 2. The summed E-state index contributed by atoms with van der Waals surface area (Å²) in [6, 6.07) is 4.30. The lowest BCUT2D eigenvalue weighted by Gasteiger charge is -2.10. The Hall–Kier alpha value is -1.39. The first-order valence-electron chi connectivity index (χ1n) is 4.57. The van der Waals surface area contributed by atoms with Crippen LogP contribution in [0.5, 0.6) is 11.5 Å². The van der Waals surface area contributed by atoms with Gasteiger partial charge in [-0.05, 0) is 18.2 Å². The van der Waals surface area contributed by atoms with E-state index in [1.807, 2.05) is 0 Å². The molecule has 0 aliphatic heterocycles. The monoisotopic (exact) mass is 276 g/mol.